The summed E-state index contributed by atoms with van der Waals surface area (Å²) in [6.45, 7) is 0. The van der Waals surface area contributed by atoms with Gasteiger partial charge in [0.1, 0.15) is 5.67 Å². The van der Waals surface area contributed by atoms with E-state index in [4.69, 9.17) is 0 Å². The molecule has 2 bridgehead atoms. The second kappa shape index (κ2) is 3.87. The molecule has 0 radical (unpaired) electrons. The molecule has 2 heterocycles. The second-order valence-electron chi connectivity index (χ2n) is 6.37. The molecular formula is C13H20F3N. The fourth-order valence-electron chi connectivity index (χ4n) is 4.09. The highest BCUT2D eigenvalue weighted by molar-refractivity contribution is 5.01. The Kier molecular flexibility index (Phi) is 2.69. The Balaban J connectivity index is 1.61. The Morgan fingerprint density at radius 1 is 0.941 bits per heavy atom. The highest BCUT2D eigenvalue weighted by Gasteiger charge is 2.48. The van der Waals surface area contributed by atoms with Gasteiger partial charge in [-0.2, -0.15) is 0 Å². The van der Waals surface area contributed by atoms with Crippen molar-refractivity contribution in [2.75, 3.05) is 0 Å². The largest absolute Gasteiger partial charge is 0.311 e. The van der Waals surface area contributed by atoms with E-state index in [9.17, 15) is 13.2 Å². The minimum atomic E-state index is -2.53. The van der Waals surface area contributed by atoms with Crippen LogP contribution in [-0.4, -0.2) is 23.7 Å². The van der Waals surface area contributed by atoms with Crippen LogP contribution in [0.1, 0.15) is 51.4 Å². The van der Waals surface area contributed by atoms with Gasteiger partial charge in [0.15, 0.2) is 0 Å². The minimum Gasteiger partial charge on any atom is -0.311 e. The normalized spacial score (nSPS) is 48.5. The number of halogens is 3. The van der Waals surface area contributed by atoms with Crippen molar-refractivity contribution in [3.05, 3.63) is 0 Å². The van der Waals surface area contributed by atoms with E-state index in [1.807, 2.05) is 0 Å². The summed E-state index contributed by atoms with van der Waals surface area (Å²) in [6, 6.07) is 0.585. The molecule has 98 valence electrons. The lowest BCUT2D eigenvalue weighted by atomic mass is 9.81. The number of fused-ring (bicyclic) bond motifs is 2. The number of hydrogen-bond donors (Lipinski definition) is 1. The highest BCUT2D eigenvalue weighted by Crippen LogP contribution is 2.47. The van der Waals surface area contributed by atoms with Crippen LogP contribution in [0, 0.1) is 5.92 Å². The fourth-order valence-corrected chi connectivity index (χ4v) is 4.09. The van der Waals surface area contributed by atoms with Gasteiger partial charge in [-0.25, -0.2) is 13.2 Å². The monoisotopic (exact) mass is 247 g/mol. The van der Waals surface area contributed by atoms with Crippen LogP contribution in [0.5, 0.6) is 0 Å². The van der Waals surface area contributed by atoms with Crippen LogP contribution in [0.4, 0.5) is 13.2 Å². The first-order chi connectivity index (χ1) is 7.94. The molecule has 0 aromatic rings. The first-order valence-corrected chi connectivity index (χ1v) is 6.77. The van der Waals surface area contributed by atoms with Crippen LogP contribution in [0.15, 0.2) is 0 Å². The van der Waals surface area contributed by atoms with Gasteiger partial charge >= 0.3 is 0 Å². The Morgan fingerprint density at radius 3 is 2.12 bits per heavy atom. The molecule has 0 aromatic carbocycles. The molecule has 1 nitrogen and oxygen atoms in total. The first kappa shape index (κ1) is 11.8. The highest BCUT2D eigenvalue weighted by atomic mass is 19.3. The smallest absolute Gasteiger partial charge is 0.248 e. The zero-order chi connectivity index (χ0) is 12.1. The van der Waals surface area contributed by atoms with E-state index in [1.54, 1.807) is 0 Å². The van der Waals surface area contributed by atoms with Crippen LogP contribution in [-0.2, 0) is 0 Å². The standard InChI is InChI=1S/C13H20F3N/c14-12(5-9-3-4-13(15,16)6-9)7-10-1-2-11(8-12)17-10/h9-11,17H,1-8H2. The summed E-state index contributed by atoms with van der Waals surface area (Å²) in [7, 11) is 0. The predicted octanol–water partition coefficient (Wildman–Crippen LogP) is 3.43. The fraction of sp³-hybridized carbons (Fsp3) is 1.00. The van der Waals surface area contributed by atoms with E-state index >= 15 is 0 Å². The number of hydrogen-bond acceptors (Lipinski definition) is 1. The summed E-state index contributed by atoms with van der Waals surface area (Å²) in [5.74, 6) is -2.64. The van der Waals surface area contributed by atoms with Crippen molar-refractivity contribution in [1.29, 1.82) is 0 Å². The number of rotatable bonds is 2. The Bertz CT molecular complexity index is 293. The maximum Gasteiger partial charge on any atom is 0.248 e. The number of alkyl halides is 3. The Labute approximate surface area is 100 Å². The average Bonchev–Trinajstić information content (AvgIpc) is 2.69. The molecule has 2 aliphatic heterocycles. The van der Waals surface area contributed by atoms with E-state index in [-0.39, 0.29) is 18.8 Å². The second-order valence-corrected chi connectivity index (χ2v) is 6.37. The van der Waals surface area contributed by atoms with Gasteiger partial charge in [0, 0.05) is 24.9 Å². The first-order valence-electron chi connectivity index (χ1n) is 6.77. The van der Waals surface area contributed by atoms with Gasteiger partial charge in [0.05, 0.1) is 0 Å². The van der Waals surface area contributed by atoms with Gasteiger partial charge in [-0.05, 0) is 44.4 Å². The summed E-state index contributed by atoms with van der Waals surface area (Å²) < 4.78 is 40.9. The zero-order valence-corrected chi connectivity index (χ0v) is 10.0. The zero-order valence-electron chi connectivity index (χ0n) is 10.0. The molecule has 1 saturated carbocycles. The number of nitrogens with one attached hydrogen (secondary N) is 1. The molecule has 0 spiro atoms. The minimum absolute atomic E-state index is 0.0428. The van der Waals surface area contributed by atoms with Crippen molar-refractivity contribution < 1.29 is 13.2 Å². The third-order valence-corrected chi connectivity index (χ3v) is 4.72. The van der Waals surface area contributed by atoms with Crippen molar-refractivity contribution in [3.8, 4) is 0 Å². The molecule has 3 rings (SSSR count). The van der Waals surface area contributed by atoms with E-state index in [2.05, 4.69) is 5.32 Å². The SMILES string of the molecule is FC1(F)CCC(CC2(F)CC3CCC(C2)N3)C1. The third-order valence-electron chi connectivity index (χ3n) is 4.72. The van der Waals surface area contributed by atoms with Gasteiger partial charge in [-0.1, -0.05) is 0 Å². The predicted molar refractivity (Wildman–Crippen MR) is 59.9 cm³/mol. The van der Waals surface area contributed by atoms with Gasteiger partial charge in [-0.3, -0.25) is 0 Å². The molecule has 3 unspecified atom stereocenters. The van der Waals surface area contributed by atoms with Crippen molar-refractivity contribution in [1.82, 2.24) is 5.32 Å². The molecule has 0 aromatic heterocycles. The summed E-state index contributed by atoms with van der Waals surface area (Å²) in [6.07, 6.45) is 3.89. The molecule has 0 amide bonds. The van der Waals surface area contributed by atoms with Gasteiger partial charge in [0.2, 0.25) is 5.92 Å². The molecule has 3 aliphatic rings. The molecule has 4 heteroatoms. The molecule has 2 saturated heterocycles. The van der Waals surface area contributed by atoms with E-state index < -0.39 is 11.6 Å². The van der Waals surface area contributed by atoms with E-state index in [1.165, 1.54) is 0 Å². The average molecular weight is 247 g/mol. The lowest BCUT2D eigenvalue weighted by molar-refractivity contribution is -0.00146. The molecule has 3 fully saturated rings. The molecule has 1 aliphatic carbocycles. The maximum absolute atomic E-state index is 14.7. The third kappa shape index (κ3) is 2.47. The quantitative estimate of drug-likeness (QED) is 0.788. The molecular weight excluding hydrogens is 227 g/mol. The summed E-state index contributed by atoms with van der Waals surface area (Å²) >= 11 is 0. The van der Waals surface area contributed by atoms with Crippen LogP contribution < -0.4 is 5.32 Å². The van der Waals surface area contributed by atoms with Crippen molar-refractivity contribution in [2.45, 2.75) is 75.0 Å². The van der Waals surface area contributed by atoms with Crippen LogP contribution in [0.3, 0.4) is 0 Å². The van der Waals surface area contributed by atoms with E-state index in [0.717, 1.165) is 12.8 Å². The lowest BCUT2D eigenvalue weighted by Gasteiger charge is -2.36. The summed E-state index contributed by atoms with van der Waals surface area (Å²) in [5.41, 5.74) is -1.18. The lowest BCUT2D eigenvalue weighted by Crippen LogP contribution is -2.46. The molecule has 1 N–H and O–H groups in total. The maximum atomic E-state index is 14.7. The van der Waals surface area contributed by atoms with E-state index in [0.29, 0.717) is 37.8 Å². The van der Waals surface area contributed by atoms with Crippen molar-refractivity contribution in [3.63, 3.8) is 0 Å². The van der Waals surface area contributed by atoms with Crippen LogP contribution >= 0.6 is 0 Å². The summed E-state index contributed by atoms with van der Waals surface area (Å²) in [5, 5.41) is 3.40. The topological polar surface area (TPSA) is 12.0 Å². The van der Waals surface area contributed by atoms with Gasteiger partial charge in [-0.15, -0.1) is 0 Å². The molecule has 17 heavy (non-hydrogen) atoms. The summed E-state index contributed by atoms with van der Waals surface area (Å²) in [4.78, 5) is 0. The van der Waals surface area contributed by atoms with Gasteiger partial charge in [0.25, 0.3) is 0 Å². The van der Waals surface area contributed by atoms with Gasteiger partial charge < -0.3 is 5.32 Å². The van der Waals surface area contributed by atoms with Crippen LogP contribution in [0.25, 0.3) is 0 Å². The molecule has 3 atom stereocenters. The van der Waals surface area contributed by atoms with Crippen LogP contribution in [0.2, 0.25) is 0 Å². The van der Waals surface area contributed by atoms with Crippen molar-refractivity contribution >= 4 is 0 Å². The Hall–Kier alpha value is -0.250. The number of piperidine rings is 1. The van der Waals surface area contributed by atoms with Crippen molar-refractivity contribution in [2.24, 2.45) is 5.92 Å². The Morgan fingerprint density at radius 2 is 1.59 bits per heavy atom.